The molecule has 3 rings (SSSR count). The second kappa shape index (κ2) is 7.30. The van der Waals surface area contributed by atoms with Gasteiger partial charge in [0.15, 0.2) is 5.69 Å². The number of fused-ring (bicyclic) bond motifs is 1. The lowest BCUT2D eigenvalue weighted by atomic mass is 9.97. The summed E-state index contributed by atoms with van der Waals surface area (Å²) < 4.78 is 53.2. The van der Waals surface area contributed by atoms with E-state index in [1.807, 2.05) is 0 Å². The summed E-state index contributed by atoms with van der Waals surface area (Å²) >= 11 is 0. The van der Waals surface area contributed by atoms with Crippen molar-refractivity contribution < 1.29 is 22.4 Å². The van der Waals surface area contributed by atoms with Crippen molar-refractivity contribution in [3.05, 3.63) is 53.4 Å². The van der Waals surface area contributed by atoms with Gasteiger partial charge in [-0.3, -0.25) is 9.69 Å². The van der Waals surface area contributed by atoms with E-state index in [2.05, 4.69) is 4.98 Å². The van der Waals surface area contributed by atoms with Crippen LogP contribution in [0.5, 0.6) is 0 Å². The molecule has 0 unspecified atom stereocenters. The molecule has 0 spiro atoms. The molecule has 0 saturated carbocycles. The molecule has 5 nitrogen and oxygen atoms in total. The van der Waals surface area contributed by atoms with Crippen LogP contribution in [0.3, 0.4) is 0 Å². The standard InChI is InChI=1S/C18H20F4N4O/c1-25(16(17(23)27)12-3-5-13(19)6-4-12)8-11-2-7-15-24-14(18(20,21)22)10-26(15)9-11/h3-6,10-11,16H,2,7-9H2,1H3,(H2,23,27)/t11-,16-/m1/s1. The summed E-state index contributed by atoms with van der Waals surface area (Å²) in [6, 6.07) is 4.80. The fourth-order valence-electron chi connectivity index (χ4n) is 3.59. The van der Waals surface area contributed by atoms with Crippen molar-refractivity contribution in [1.29, 1.82) is 0 Å². The van der Waals surface area contributed by atoms with E-state index in [9.17, 15) is 22.4 Å². The molecule has 1 aliphatic rings. The number of rotatable bonds is 5. The summed E-state index contributed by atoms with van der Waals surface area (Å²) in [5.74, 6) is -0.515. The van der Waals surface area contributed by atoms with Gasteiger partial charge in [-0.2, -0.15) is 13.2 Å². The lowest BCUT2D eigenvalue weighted by Gasteiger charge is -2.32. The van der Waals surface area contributed by atoms with Crippen LogP contribution in [-0.4, -0.2) is 34.0 Å². The number of alkyl halides is 3. The topological polar surface area (TPSA) is 64.2 Å². The molecule has 1 aromatic carbocycles. The largest absolute Gasteiger partial charge is 0.434 e. The van der Waals surface area contributed by atoms with Crippen molar-refractivity contribution >= 4 is 5.91 Å². The monoisotopic (exact) mass is 384 g/mol. The number of amides is 1. The zero-order chi connectivity index (χ0) is 19.8. The molecule has 0 saturated heterocycles. The highest BCUT2D eigenvalue weighted by Crippen LogP contribution is 2.31. The molecule has 27 heavy (non-hydrogen) atoms. The zero-order valence-corrected chi connectivity index (χ0v) is 14.7. The first-order chi connectivity index (χ1) is 12.6. The highest BCUT2D eigenvalue weighted by atomic mass is 19.4. The number of likely N-dealkylation sites (N-methyl/N-ethyl adjacent to an activating group) is 1. The van der Waals surface area contributed by atoms with Gasteiger partial charge in [-0.1, -0.05) is 12.1 Å². The van der Waals surface area contributed by atoms with Gasteiger partial charge in [0, 0.05) is 25.7 Å². The number of carbonyl (C=O) groups is 1. The van der Waals surface area contributed by atoms with E-state index >= 15 is 0 Å². The number of carbonyl (C=O) groups excluding carboxylic acids is 1. The maximum absolute atomic E-state index is 13.1. The van der Waals surface area contributed by atoms with Crippen LogP contribution in [0.25, 0.3) is 0 Å². The summed E-state index contributed by atoms with van der Waals surface area (Å²) in [4.78, 5) is 17.4. The molecule has 1 aromatic heterocycles. The minimum atomic E-state index is -4.46. The average Bonchev–Trinajstić information content (AvgIpc) is 3.00. The molecule has 2 heterocycles. The Kier molecular flexibility index (Phi) is 5.23. The summed E-state index contributed by atoms with van der Waals surface area (Å²) in [5, 5.41) is 0. The van der Waals surface area contributed by atoms with Gasteiger partial charge in [0.2, 0.25) is 5.91 Å². The summed E-state index contributed by atoms with van der Waals surface area (Å²) in [5.41, 5.74) is 5.22. The molecule has 0 bridgehead atoms. The molecule has 2 aromatic rings. The van der Waals surface area contributed by atoms with Crippen LogP contribution in [0.15, 0.2) is 30.5 Å². The normalized spacial score (nSPS) is 18.4. The number of hydrogen-bond donors (Lipinski definition) is 1. The van der Waals surface area contributed by atoms with E-state index in [1.54, 1.807) is 11.9 Å². The number of aryl methyl sites for hydroxylation is 1. The third-order valence-corrected chi connectivity index (χ3v) is 4.82. The van der Waals surface area contributed by atoms with E-state index in [4.69, 9.17) is 5.73 Å². The van der Waals surface area contributed by atoms with Crippen molar-refractivity contribution in [3.8, 4) is 0 Å². The third kappa shape index (κ3) is 4.29. The molecule has 0 fully saturated rings. The first-order valence-corrected chi connectivity index (χ1v) is 8.53. The number of nitrogens with zero attached hydrogens (tertiary/aromatic N) is 3. The second-order valence-electron chi connectivity index (χ2n) is 6.89. The lowest BCUT2D eigenvalue weighted by Crippen LogP contribution is -2.39. The van der Waals surface area contributed by atoms with E-state index < -0.39 is 29.6 Å². The van der Waals surface area contributed by atoms with Crippen LogP contribution in [0, 0.1) is 11.7 Å². The fraction of sp³-hybridized carbons (Fsp3) is 0.444. The predicted octanol–water partition coefficient (Wildman–Crippen LogP) is 2.76. The summed E-state index contributed by atoms with van der Waals surface area (Å²) in [7, 11) is 1.73. The maximum atomic E-state index is 13.1. The van der Waals surface area contributed by atoms with E-state index in [0.29, 0.717) is 37.3 Å². The Morgan fingerprint density at radius 1 is 1.37 bits per heavy atom. The third-order valence-electron chi connectivity index (χ3n) is 4.82. The average molecular weight is 384 g/mol. The van der Waals surface area contributed by atoms with Crippen LogP contribution in [0.4, 0.5) is 17.6 Å². The van der Waals surface area contributed by atoms with Crippen molar-refractivity contribution in [2.24, 2.45) is 11.7 Å². The number of benzene rings is 1. The highest BCUT2D eigenvalue weighted by molar-refractivity contribution is 5.81. The maximum Gasteiger partial charge on any atom is 0.434 e. The van der Waals surface area contributed by atoms with Gasteiger partial charge in [-0.15, -0.1) is 0 Å². The molecule has 1 aliphatic heterocycles. The van der Waals surface area contributed by atoms with E-state index in [-0.39, 0.29) is 5.92 Å². The van der Waals surface area contributed by atoms with Gasteiger partial charge >= 0.3 is 6.18 Å². The quantitative estimate of drug-likeness (QED) is 0.807. The van der Waals surface area contributed by atoms with Crippen molar-refractivity contribution in [2.75, 3.05) is 13.6 Å². The number of aromatic nitrogens is 2. The van der Waals surface area contributed by atoms with Crippen molar-refractivity contribution in [3.63, 3.8) is 0 Å². The Balaban J connectivity index is 1.71. The van der Waals surface area contributed by atoms with Gasteiger partial charge < -0.3 is 10.3 Å². The zero-order valence-electron chi connectivity index (χ0n) is 14.7. The van der Waals surface area contributed by atoms with E-state index in [0.717, 1.165) is 6.20 Å². The Bertz CT molecular complexity index is 816. The minimum absolute atomic E-state index is 0.0417. The highest BCUT2D eigenvalue weighted by Gasteiger charge is 2.36. The van der Waals surface area contributed by atoms with Crippen molar-refractivity contribution in [2.45, 2.75) is 31.6 Å². The Morgan fingerprint density at radius 2 is 2.04 bits per heavy atom. The smallest absolute Gasteiger partial charge is 0.368 e. The Morgan fingerprint density at radius 3 is 2.63 bits per heavy atom. The fourth-order valence-corrected chi connectivity index (χ4v) is 3.59. The van der Waals surface area contributed by atoms with Crippen LogP contribution in [0.1, 0.15) is 29.5 Å². The predicted molar refractivity (Wildman–Crippen MR) is 90.0 cm³/mol. The minimum Gasteiger partial charge on any atom is -0.368 e. The molecule has 9 heteroatoms. The van der Waals surface area contributed by atoms with Crippen LogP contribution < -0.4 is 5.73 Å². The number of halogens is 4. The molecule has 2 N–H and O–H groups in total. The summed E-state index contributed by atoms with van der Waals surface area (Å²) in [6.07, 6.45) is -2.33. The van der Waals surface area contributed by atoms with Gasteiger partial charge in [0.25, 0.3) is 0 Å². The lowest BCUT2D eigenvalue weighted by molar-refractivity contribution is -0.141. The van der Waals surface area contributed by atoms with Gasteiger partial charge in [0.1, 0.15) is 17.7 Å². The number of imidazole rings is 1. The van der Waals surface area contributed by atoms with Crippen molar-refractivity contribution in [1.82, 2.24) is 14.5 Å². The van der Waals surface area contributed by atoms with Crippen LogP contribution in [0.2, 0.25) is 0 Å². The molecule has 1 amide bonds. The molecule has 0 radical (unpaired) electrons. The van der Waals surface area contributed by atoms with Crippen LogP contribution >= 0.6 is 0 Å². The molecular formula is C18H20F4N4O. The first kappa shape index (κ1) is 19.3. The molecule has 0 aliphatic carbocycles. The number of nitrogens with two attached hydrogens (primary N) is 1. The molecule has 2 atom stereocenters. The number of hydrogen-bond acceptors (Lipinski definition) is 3. The van der Waals surface area contributed by atoms with Gasteiger partial charge in [-0.25, -0.2) is 9.37 Å². The van der Waals surface area contributed by atoms with Gasteiger partial charge in [0.05, 0.1) is 0 Å². The Labute approximate surface area is 153 Å². The summed E-state index contributed by atoms with van der Waals surface area (Å²) in [6.45, 7) is 0.849. The second-order valence-corrected chi connectivity index (χ2v) is 6.89. The number of primary amides is 1. The first-order valence-electron chi connectivity index (χ1n) is 8.53. The SMILES string of the molecule is CN(C[C@H]1CCc2nc(C(F)(F)F)cn2C1)[C@@H](C(N)=O)c1ccc(F)cc1. The molecule has 146 valence electrons. The van der Waals surface area contributed by atoms with E-state index in [1.165, 1.54) is 28.8 Å². The Hall–Kier alpha value is -2.42. The van der Waals surface area contributed by atoms with Gasteiger partial charge in [-0.05, 0) is 37.1 Å². The van der Waals surface area contributed by atoms with Crippen LogP contribution in [-0.2, 0) is 23.9 Å². The molecular weight excluding hydrogens is 364 g/mol.